The maximum Gasteiger partial charge on any atom is 0.304 e. The number of thioether (sulfide) groups is 1. The number of benzene rings is 2. The van der Waals surface area contributed by atoms with E-state index in [-0.39, 0.29) is 41.2 Å². The van der Waals surface area contributed by atoms with E-state index < -0.39 is 5.97 Å². The van der Waals surface area contributed by atoms with Gasteiger partial charge in [-0.15, -0.1) is 11.8 Å². The number of allylic oxidation sites excluding steroid dienone is 7. The van der Waals surface area contributed by atoms with Gasteiger partial charge in [-0.3, -0.25) is 4.79 Å². The minimum absolute atomic E-state index is 0. The molecule has 0 aromatic heterocycles. The number of aliphatic carboxylic acids is 1. The zero-order valence-electron chi connectivity index (χ0n) is 27.8. The molecule has 4 nitrogen and oxygen atoms in total. The highest BCUT2D eigenvalue weighted by molar-refractivity contribution is 8.03. The van der Waals surface area contributed by atoms with Crippen LogP contribution in [0.2, 0.25) is 0 Å². The van der Waals surface area contributed by atoms with E-state index in [1.165, 1.54) is 50.0 Å². The number of carbonyl (C=O) groups is 1. The Morgan fingerprint density at radius 3 is 2.36 bits per heavy atom. The molecule has 2 aromatic rings. The van der Waals surface area contributed by atoms with Crippen molar-refractivity contribution in [2.45, 2.75) is 90.9 Å². The van der Waals surface area contributed by atoms with Gasteiger partial charge in [0.05, 0.1) is 11.8 Å². The second-order valence-corrected chi connectivity index (χ2v) is 14.4. The number of nitrogens with zero attached hydrogens (tertiary/aromatic N) is 2. The van der Waals surface area contributed by atoms with Crippen LogP contribution in [-0.2, 0) is 15.6 Å². The standard InChI is InChI=1S/C39H48N2O2S.HI/c1-7-25-40-32-18-11-9-16-30(32)38(3,4)34(40)22-20-28-14-13-15-29(37(28)44-27-24-36(42)43)21-23-35-39(5,6)31-17-10-12-19-33(31)41(35)26-8-2;/h9-12,16-23H,7-8,13-15,24-27H2,1-6H3;1H. The summed E-state index contributed by atoms with van der Waals surface area (Å²) in [4.78, 5) is 15.2. The van der Waals surface area contributed by atoms with Crippen LogP contribution in [0, 0.1) is 0 Å². The number of carboxylic acids is 1. The molecule has 0 bridgehead atoms. The van der Waals surface area contributed by atoms with Gasteiger partial charge >= 0.3 is 5.97 Å². The molecule has 5 rings (SSSR count). The molecule has 6 heteroatoms. The summed E-state index contributed by atoms with van der Waals surface area (Å²) in [6.07, 6.45) is 14.8. The van der Waals surface area contributed by atoms with Crippen molar-refractivity contribution >= 4 is 34.8 Å². The fraction of sp³-hybridized carbons (Fsp3) is 0.436. The lowest BCUT2D eigenvalue weighted by molar-refractivity contribution is -0.437. The van der Waals surface area contributed by atoms with Crippen molar-refractivity contribution in [2.75, 3.05) is 23.7 Å². The summed E-state index contributed by atoms with van der Waals surface area (Å²) in [5, 5.41) is 9.43. The maximum absolute atomic E-state index is 11.5. The number of fused-ring (bicyclic) bond motifs is 2. The molecule has 2 aliphatic heterocycles. The third-order valence-corrected chi connectivity index (χ3v) is 10.6. The number of hydrogen-bond donors (Lipinski definition) is 1. The van der Waals surface area contributed by atoms with Crippen LogP contribution in [0.4, 0.5) is 11.4 Å². The summed E-state index contributed by atoms with van der Waals surface area (Å²) in [7, 11) is 0. The quantitative estimate of drug-likeness (QED) is 0.206. The highest BCUT2D eigenvalue weighted by Gasteiger charge is 2.44. The minimum atomic E-state index is -0.740. The molecule has 1 N–H and O–H groups in total. The molecule has 0 radical (unpaired) electrons. The van der Waals surface area contributed by atoms with E-state index in [2.05, 4.69) is 124 Å². The van der Waals surface area contributed by atoms with Gasteiger partial charge in [-0.05, 0) is 68.4 Å². The summed E-state index contributed by atoms with van der Waals surface area (Å²) in [6.45, 7) is 15.8. The highest BCUT2D eigenvalue weighted by Crippen LogP contribution is 2.48. The topological polar surface area (TPSA) is 43.5 Å². The Balaban J connectivity index is 0.00000461. The molecule has 0 unspecified atom stereocenters. The van der Waals surface area contributed by atoms with Crippen LogP contribution in [0.3, 0.4) is 0 Å². The van der Waals surface area contributed by atoms with Crippen molar-refractivity contribution < 1.29 is 38.5 Å². The van der Waals surface area contributed by atoms with Gasteiger partial charge in [0.15, 0.2) is 5.71 Å². The van der Waals surface area contributed by atoms with Crippen molar-refractivity contribution in [3.05, 3.63) is 106 Å². The van der Waals surface area contributed by atoms with Crippen LogP contribution in [0.1, 0.15) is 91.2 Å². The monoisotopic (exact) mass is 736 g/mol. The number of hydrogen-bond acceptors (Lipinski definition) is 3. The minimum Gasteiger partial charge on any atom is -1.00 e. The molecule has 45 heavy (non-hydrogen) atoms. The van der Waals surface area contributed by atoms with E-state index in [0.29, 0.717) is 5.75 Å². The average molecular weight is 737 g/mol. The van der Waals surface area contributed by atoms with Gasteiger partial charge in [0.25, 0.3) is 0 Å². The van der Waals surface area contributed by atoms with Gasteiger partial charge in [-0.1, -0.05) is 76.2 Å². The van der Waals surface area contributed by atoms with Gasteiger partial charge in [0.2, 0.25) is 5.69 Å². The fourth-order valence-corrected chi connectivity index (χ4v) is 8.41. The Morgan fingerprint density at radius 1 is 0.933 bits per heavy atom. The van der Waals surface area contributed by atoms with E-state index in [9.17, 15) is 9.90 Å². The molecule has 2 aromatic carbocycles. The molecule has 0 amide bonds. The van der Waals surface area contributed by atoms with Crippen molar-refractivity contribution in [1.82, 2.24) is 0 Å². The Labute approximate surface area is 292 Å². The molecule has 0 saturated carbocycles. The molecular weight excluding hydrogens is 687 g/mol. The predicted octanol–water partition coefficient (Wildman–Crippen LogP) is 6.70. The van der Waals surface area contributed by atoms with Gasteiger partial charge < -0.3 is 34.0 Å². The lowest BCUT2D eigenvalue weighted by atomic mass is 9.81. The Morgan fingerprint density at radius 2 is 1.64 bits per heavy atom. The smallest absolute Gasteiger partial charge is 0.304 e. The fourth-order valence-electron chi connectivity index (χ4n) is 7.22. The second kappa shape index (κ2) is 14.9. The van der Waals surface area contributed by atoms with Crippen LogP contribution >= 0.6 is 11.8 Å². The van der Waals surface area contributed by atoms with Crippen molar-refractivity contribution in [2.24, 2.45) is 0 Å². The van der Waals surface area contributed by atoms with Gasteiger partial charge in [0.1, 0.15) is 6.54 Å². The van der Waals surface area contributed by atoms with E-state index >= 15 is 0 Å². The lowest BCUT2D eigenvalue weighted by Gasteiger charge is -2.27. The Bertz CT molecular complexity index is 1580. The third kappa shape index (κ3) is 7.07. The lowest BCUT2D eigenvalue weighted by Crippen LogP contribution is -3.00. The first kappa shape index (κ1) is 35.3. The zero-order valence-corrected chi connectivity index (χ0v) is 30.8. The molecule has 3 aliphatic rings. The summed E-state index contributed by atoms with van der Waals surface area (Å²) < 4.78 is 2.50. The van der Waals surface area contributed by atoms with Gasteiger partial charge in [-0.2, -0.15) is 4.58 Å². The van der Waals surface area contributed by atoms with E-state index in [0.717, 1.165) is 45.2 Å². The molecule has 0 atom stereocenters. The number of para-hydroxylation sites is 2. The SMILES string of the molecule is CCCN1C(=CC=C2CCCC(C=CC3=[N+](CCC)c4ccccc4C3(C)C)=C2SCCC(=O)O)C(C)(C)c2ccccc21.[I-]. The van der Waals surface area contributed by atoms with Gasteiger partial charge in [-0.25, -0.2) is 0 Å². The normalized spacial score (nSPS) is 20.3. The van der Waals surface area contributed by atoms with Crippen molar-refractivity contribution in [3.8, 4) is 0 Å². The summed E-state index contributed by atoms with van der Waals surface area (Å²) in [5.41, 5.74) is 10.6. The molecule has 0 saturated heterocycles. The summed E-state index contributed by atoms with van der Waals surface area (Å²) in [5.74, 6) is -0.167. The predicted molar refractivity (Wildman–Crippen MR) is 188 cm³/mol. The van der Waals surface area contributed by atoms with Crippen LogP contribution in [-0.4, -0.2) is 40.2 Å². The first-order valence-corrected chi connectivity index (χ1v) is 17.4. The molecule has 0 fully saturated rings. The van der Waals surface area contributed by atoms with Crippen molar-refractivity contribution in [3.63, 3.8) is 0 Å². The van der Waals surface area contributed by atoms with Crippen LogP contribution in [0.5, 0.6) is 0 Å². The number of rotatable bonds is 11. The Kier molecular flexibility index (Phi) is 11.7. The highest BCUT2D eigenvalue weighted by atomic mass is 127. The molecule has 2 heterocycles. The van der Waals surface area contributed by atoms with Crippen LogP contribution in [0.15, 0.2) is 94.6 Å². The van der Waals surface area contributed by atoms with Crippen molar-refractivity contribution in [1.29, 1.82) is 0 Å². The van der Waals surface area contributed by atoms with Crippen LogP contribution in [0.25, 0.3) is 0 Å². The van der Waals surface area contributed by atoms with E-state index in [4.69, 9.17) is 0 Å². The number of anilines is 1. The molecule has 0 spiro atoms. The molecular formula is C39H49IN2O2S. The first-order chi connectivity index (χ1) is 21.1. The van der Waals surface area contributed by atoms with E-state index in [1.54, 1.807) is 11.8 Å². The number of halogens is 1. The van der Waals surface area contributed by atoms with Crippen LogP contribution < -0.4 is 28.9 Å². The largest absolute Gasteiger partial charge is 1.00 e. The summed E-state index contributed by atoms with van der Waals surface area (Å²) in [6, 6.07) is 17.6. The molecule has 1 aliphatic carbocycles. The summed E-state index contributed by atoms with van der Waals surface area (Å²) >= 11 is 1.72. The maximum atomic E-state index is 11.5. The average Bonchev–Trinajstić information content (AvgIpc) is 3.34. The zero-order chi connectivity index (χ0) is 31.5. The second-order valence-electron chi connectivity index (χ2n) is 13.3. The van der Waals surface area contributed by atoms with Gasteiger partial charge in [0, 0.05) is 58.1 Å². The molecule has 240 valence electrons. The number of carboxylic acid groups (broad SMARTS) is 1. The first-order valence-electron chi connectivity index (χ1n) is 16.4. The van der Waals surface area contributed by atoms with E-state index in [1.807, 2.05) is 0 Å². The Hall–Kier alpha value is -2.58. The third-order valence-electron chi connectivity index (χ3n) is 9.42.